The molecule has 7 nitrogen and oxygen atoms in total. The van der Waals surface area contributed by atoms with Gasteiger partial charge in [0.2, 0.25) is 0 Å². The molecule has 0 radical (unpaired) electrons. The van der Waals surface area contributed by atoms with Crippen molar-refractivity contribution in [2.24, 2.45) is 0 Å². The highest BCUT2D eigenvalue weighted by atomic mass is 16.6. The molecule has 0 unspecified atom stereocenters. The number of likely N-dealkylation sites (tertiary alicyclic amines) is 1. The van der Waals surface area contributed by atoms with Crippen molar-refractivity contribution in [3.63, 3.8) is 0 Å². The summed E-state index contributed by atoms with van der Waals surface area (Å²) in [7, 11) is 0. The highest BCUT2D eigenvalue weighted by Crippen LogP contribution is 2.15. The first-order valence-corrected chi connectivity index (χ1v) is 10.0. The number of ether oxygens (including phenoxy) is 2. The van der Waals surface area contributed by atoms with Crippen molar-refractivity contribution in [2.45, 2.75) is 65.2 Å². The molecule has 1 aliphatic heterocycles. The number of carbonyl (C=O) groups excluding carboxylic acids is 2. The van der Waals surface area contributed by atoms with Gasteiger partial charge in [0.25, 0.3) is 0 Å². The molecule has 0 aromatic heterocycles. The lowest BCUT2D eigenvalue weighted by Crippen LogP contribution is -2.53. The topological polar surface area (TPSA) is 71.1 Å². The predicted octanol–water partition coefficient (Wildman–Crippen LogP) is 3.94. The quantitative estimate of drug-likeness (QED) is 0.744. The van der Waals surface area contributed by atoms with Gasteiger partial charge in [-0.05, 0) is 45.6 Å². The van der Waals surface area contributed by atoms with Gasteiger partial charge >= 0.3 is 12.2 Å². The van der Waals surface area contributed by atoms with Crippen LogP contribution in [0.15, 0.2) is 30.3 Å². The van der Waals surface area contributed by atoms with Gasteiger partial charge < -0.3 is 14.4 Å². The van der Waals surface area contributed by atoms with E-state index in [4.69, 9.17) is 9.47 Å². The van der Waals surface area contributed by atoms with Crippen LogP contribution < -0.4 is 5.43 Å². The van der Waals surface area contributed by atoms with Crippen molar-refractivity contribution >= 4 is 12.2 Å². The van der Waals surface area contributed by atoms with E-state index in [-0.39, 0.29) is 24.8 Å². The second-order valence-corrected chi connectivity index (χ2v) is 8.06. The van der Waals surface area contributed by atoms with Crippen molar-refractivity contribution in [2.75, 3.05) is 19.6 Å². The maximum Gasteiger partial charge on any atom is 0.424 e. The van der Waals surface area contributed by atoms with E-state index < -0.39 is 5.60 Å². The number of carbonyl (C=O) groups is 2. The summed E-state index contributed by atoms with van der Waals surface area (Å²) in [6.45, 7) is 9.64. The summed E-state index contributed by atoms with van der Waals surface area (Å²) in [6.07, 6.45) is 1.68. The fourth-order valence-corrected chi connectivity index (χ4v) is 2.97. The summed E-state index contributed by atoms with van der Waals surface area (Å²) >= 11 is 0. The van der Waals surface area contributed by atoms with Crippen LogP contribution in [0.1, 0.15) is 52.5 Å². The standard InChI is InChI=1S/C21H33N3O4/c1-5-13-24(20(26)28-21(2,3)4)22-18-11-14-23(15-12-18)19(25)27-16-17-9-7-6-8-10-17/h6-10,18,22H,5,11-16H2,1-4H3. The van der Waals surface area contributed by atoms with E-state index in [1.807, 2.05) is 58.0 Å². The van der Waals surface area contributed by atoms with E-state index in [1.54, 1.807) is 9.91 Å². The number of hydrogen-bond acceptors (Lipinski definition) is 5. The van der Waals surface area contributed by atoms with Crippen LogP contribution in [-0.4, -0.2) is 53.4 Å². The fraction of sp³-hybridized carbons (Fsp3) is 0.619. The minimum Gasteiger partial charge on any atom is -0.445 e. The molecule has 0 atom stereocenters. The number of rotatable bonds is 6. The van der Waals surface area contributed by atoms with E-state index in [1.165, 1.54) is 0 Å². The van der Waals surface area contributed by atoms with Crippen LogP contribution in [0.5, 0.6) is 0 Å². The minimum atomic E-state index is -0.531. The summed E-state index contributed by atoms with van der Waals surface area (Å²) in [4.78, 5) is 26.4. The SMILES string of the molecule is CCCN(NC1CCN(C(=O)OCc2ccccc2)CC1)C(=O)OC(C)(C)C. The van der Waals surface area contributed by atoms with E-state index in [0.717, 1.165) is 24.8 Å². The number of piperidine rings is 1. The molecule has 7 heteroatoms. The highest BCUT2D eigenvalue weighted by molar-refractivity contribution is 5.68. The predicted molar refractivity (Wildman–Crippen MR) is 108 cm³/mol. The van der Waals surface area contributed by atoms with Crippen LogP contribution >= 0.6 is 0 Å². The Hall–Kier alpha value is -2.28. The summed E-state index contributed by atoms with van der Waals surface area (Å²) in [5.74, 6) is 0. The summed E-state index contributed by atoms with van der Waals surface area (Å²) in [5.41, 5.74) is 3.72. The Morgan fingerprint density at radius 3 is 2.39 bits per heavy atom. The molecular weight excluding hydrogens is 358 g/mol. The Labute approximate surface area is 167 Å². The summed E-state index contributed by atoms with van der Waals surface area (Å²) in [5, 5.41) is 1.55. The van der Waals surface area contributed by atoms with Crippen LogP contribution in [0, 0.1) is 0 Å². The number of hydrogen-bond donors (Lipinski definition) is 1. The third-order valence-electron chi connectivity index (χ3n) is 4.36. The maximum atomic E-state index is 12.4. The second kappa shape index (κ2) is 10.3. The number of nitrogens with one attached hydrogen (secondary N) is 1. The van der Waals surface area contributed by atoms with Gasteiger partial charge in [0.05, 0.1) is 0 Å². The van der Waals surface area contributed by atoms with Crippen LogP contribution in [-0.2, 0) is 16.1 Å². The molecule has 1 aromatic carbocycles. The molecule has 1 fully saturated rings. The Kier molecular flexibility index (Phi) is 8.11. The van der Waals surface area contributed by atoms with Crippen LogP contribution in [0.3, 0.4) is 0 Å². The zero-order valence-electron chi connectivity index (χ0n) is 17.4. The molecule has 0 bridgehead atoms. The van der Waals surface area contributed by atoms with E-state index in [0.29, 0.717) is 19.6 Å². The van der Waals surface area contributed by atoms with E-state index in [2.05, 4.69) is 5.43 Å². The average Bonchev–Trinajstić information content (AvgIpc) is 2.66. The number of nitrogens with zero attached hydrogens (tertiary/aromatic N) is 2. The molecule has 1 saturated heterocycles. The normalized spacial score (nSPS) is 15.2. The lowest BCUT2D eigenvalue weighted by atomic mass is 10.1. The number of benzene rings is 1. The Bertz CT molecular complexity index is 622. The summed E-state index contributed by atoms with van der Waals surface area (Å²) in [6, 6.07) is 9.77. The lowest BCUT2D eigenvalue weighted by Gasteiger charge is -2.35. The van der Waals surface area contributed by atoms with Crippen molar-refractivity contribution in [1.82, 2.24) is 15.3 Å². The fourth-order valence-electron chi connectivity index (χ4n) is 2.97. The van der Waals surface area contributed by atoms with Crippen molar-refractivity contribution in [3.8, 4) is 0 Å². The van der Waals surface area contributed by atoms with Gasteiger partial charge in [0, 0.05) is 25.7 Å². The minimum absolute atomic E-state index is 0.122. The molecule has 156 valence electrons. The third kappa shape index (κ3) is 7.38. The Morgan fingerprint density at radius 1 is 1.18 bits per heavy atom. The van der Waals surface area contributed by atoms with Crippen LogP contribution in [0.4, 0.5) is 9.59 Å². The monoisotopic (exact) mass is 391 g/mol. The van der Waals surface area contributed by atoms with Crippen molar-refractivity contribution in [1.29, 1.82) is 0 Å². The van der Waals surface area contributed by atoms with Gasteiger partial charge in [-0.25, -0.2) is 20.0 Å². The maximum absolute atomic E-state index is 12.4. The number of hydrazine groups is 1. The van der Waals surface area contributed by atoms with E-state index >= 15 is 0 Å². The third-order valence-corrected chi connectivity index (χ3v) is 4.36. The second-order valence-electron chi connectivity index (χ2n) is 8.06. The van der Waals surface area contributed by atoms with Crippen LogP contribution in [0.2, 0.25) is 0 Å². The van der Waals surface area contributed by atoms with Gasteiger partial charge in [0.1, 0.15) is 12.2 Å². The van der Waals surface area contributed by atoms with E-state index in [9.17, 15) is 9.59 Å². The first kappa shape index (κ1) is 22.0. The molecule has 0 spiro atoms. The average molecular weight is 392 g/mol. The molecule has 1 heterocycles. The van der Waals surface area contributed by atoms with Gasteiger partial charge in [0.15, 0.2) is 0 Å². The summed E-state index contributed by atoms with van der Waals surface area (Å²) < 4.78 is 10.9. The molecule has 1 N–H and O–H groups in total. The van der Waals surface area contributed by atoms with Gasteiger partial charge in [-0.15, -0.1) is 0 Å². The molecule has 2 amide bonds. The molecular formula is C21H33N3O4. The molecule has 1 aromatic rings. The molecule has 28 heavy (non-hydrogen) atoms. The molecule has 2 rings (SSSR count). The van der Waals surface area contributed by atoms with Crippen molar-refractivity contribution < 1.29 is 19.1 Å². The highest BCUT2D eigenvalue weighted by Gasteiger charge is 2.28. The van der Waals surface area contributed by atoms with Crippen molar-refractivity contribution in [3.05, 3.63) is 35.9 Å². The lowest BCUT2D eigenvalue weighted by molar-refractivity contribution is 0.00572. The van der Waals surface area contributed by atoms with Gasteiger partial charge in [-0.1, -0.05) is 37.3 Å². The molecule has 0 aliphatic carbocycles. The van der Waals surface area contributed by atoms with Crippen LogP contribution in [0.25, 0.3) is 0 Å². The largest absolute Gasteiger partial charge is 0.445 e. The zero-order valence-corrected chi connectivity index (χ0v) is 17.4. The molecule has 1 aliphatic rings. The Balaban J connectivity index is 1.78. The van der Waals surface area contributed by atoms with Gasteiger partial charge in [-0.2, -0.15) is 0 Å². The first-order valence-electron chi connectivity index (χ1n) is 10.0. The Morgan fingerprint density at radius 2 is 1.82 bits per heavy atom. The molecule has 0 saturated carbocycles. The zero-order chi connectivity index (χ0) is 20.6. The van der Waals surface area contributed by atoms with Gasteiger partial charge in [-0.3, -0.25) is 0 Å². The number of amides is 2. The smallest absolute Gasteiger partial charge is 0.424 e. The first-order chi connectivity index (χ1) is 13.3.